The van der Waals surface area contributed by atoms with Crippen molar-refractivity contribution >= 4 is 21.6 Å². The van der Waals surface area contributed by atoms with Crippen molar-refractivity contribution in [3.05, 3.63) is 54.0 Å². The lowest BCUT2D eigenvalue weighted by molar-refractivity contribution is 0.530. The maximum Gasteiger partial charge on any atom is 0.179 e. The molecule has 6 heteroatoms. The molecule has 1 aromatic heterocycles. The van der Waals surface area contributed by atoms with Crippen LogP contribution < -0.4 is 5.73 Å². The fraction of sp³-hybridized carbons (Fsp3) is 0.286. The Labute approximate surface area is 123 Å². The van der Waals surface area contributed by atoms with E-state index in [4.69, 9.17) is 10.2 Å². The molecule has 2 rings (SSSR count). The molecule has 0 saturated heterocycles. The van der Waals surface area contributed by atoms with Gasteiger partial charge < -0.3 is 10.2 Å². The molecule has 0 unspecified atom stereocenters. The quantitative estimate of drug-likeness (QED) is 0.795. The van der Waals surface area contributed by atoms with Crippen molar-refractivity contribution in [1.29, 1.82) is 0 Å². The van der Waals surface area contributed by atoms with E-state index in [1.807, 2.05) is 18.2 Å². The monoisotopic (exact) mass is 311 g/mol. The van der Waals surface area contributed by atoms with Gasteiger partial charge in [-0.3, -0.25) is 0 Å². The minimum atomic E-state index is -3.24. The minimum absolute atomic E-state index is 0.117. The van der Waals surface area contributed by atoms with E-state index >= 15 is 0 Å². The summed E-state index contributed by atoms with van der Waals surface area (Å²) in [5.41, 5.74) is 6.36. The van der Waals surface area contributed by atoms with Gasteiger partial charge in [0.15, 0.2) is 9.84 Å². The molecule has 0 radical (unpaired) electrons. The average Bonchev–Trinajstić information content (AvgIpc) is 2.97. The van der Waals surface area contributed by atoms with Gasteiger partial charge in [-0.1, -0.05) is 12.1 Å². The summed E-state index contributed by atoms with van der Waals surface area (Å²) in [5.74, 6) is 2.20. The van der Waals surface area contributed by atoms with Gasteiger partial charge in [0.25, 0.3) is 0 Å². The predicted molar refractivity (Wildman–Crippen MR) is 81.3 cm³/mol. The van der Waals surface area contributed by atoms with E-state index in [9.17, 15) is 8.42 Å². The lowest BCUT2D eigenvalue weighted by Gasteiger charge is -2.05. The molecular weight excluding hydrogens is 294 g/mol. The van der Waals surface area contributed by atoms with E-state index in [0.29, 0.717) is 22.9 Å². The number of thioether (sulfide) groups is 1. The highest BCUT2D eigenvalue weighted by molar-refractivity contribution is 8.00. The summed E-state index contributed by atoms with van der Waals surface area (Å²) in [7, 11) is -3.24. The number of rotatable bonds is 7. The van der Waals surface area contributed by atoms with Crippen LogP contribution in [-0.4, -0.2) is 19.9 Å². The molecule has 0 bridgehead atoms. The van der Waals surface area contributed by atoms with Crippen molar-refractivity contribution in [2.75, 3.05) is 11.5 Å². The van der Waals surface area contributed by atoms with Crippen molar-refractivity contribution in [3.8, 4) is 0 Å². The average molecular weight is 311 g/mol. The second-order valence-corrected chi connectivity index (χ2v) is 7.52. The summed E-state index contributed by atoms with van der Waals surface area (Å²) < 4.78 is 29.6. The summed E-state index contributed by atoms with van der Waals surface area (Å²) >= 11 is 1.54. The van der Waals surface area contributed by atoms with Gasteiger partial charge in [-0.2, -0.15) is 11.8 Å². The first-order valence-corrected chi connectivity index (χ1v) is 9.04. The van der Waals surface area contributed by atoms with Gasteiger partial charge >= 0.3 is 0 Å². The molecule has 0 amide bonds. The largest absolute Gasteiger partial charge is 0.468 e. The van der Waals surface area contributed by atoms with Gasteiger partial charge in [0.1, 0.15) is 5.76 Å². The zero-order chi connectivity index (χ0) is 14.4. The molecule has 0 aliphatic rings. The Morgan fingerprint density at radius 2 is 2.05 bits per heavy atom. The second-order valence-electron chi connectivity index (χ2n) is 4.30. The van der Waals surface area contributed by atoms with E-state index in [0.717, 1.165) is 11.3 Å². The normalized spacial score (nSPS) is 11.7. The van der Waals surface area contributed by atoms with E-state index < -0.39 is 9.84 Å². The number of furan rings is 1. The summed E-state index contributed by atoms with van der Waals surface area (Å²) in [6, 6.07) is 10.5. The minimum Gasteiger partial charge on any atom is -0.468 e. The zero-order valence-corrected chi connectivity index (χ0v) is 12.6. The molecule has 0 atom stereocenters. The van der Waals surface area contributed by atoms with Crippen molar-refractivity contribution in [2.24, 2.45) is 5.73 Å². The molecule has 0 aliphatic carbocycles. The van der Waals surface area contributed by atoms with Gasteiger partial charge in [-0.05, 0) is 29.8 Å². The van der Waals surface area contributed by atoms with Gasteiger partial charge in [-0.15, -0.1) is 0 Å². The smallest absolute Gasteiger partial charge is 0.179 e. The standard InChI is InChI=1S/C14H17NO3S2/c15-10-12-3-1-5-14(9-12)20(16,17)8-7-19-11-13-4-2-6-18-13/h1-6,9H,7-8,10-11,15H2. The van der Waals surface area contributed by atoms with Crippen LogP contribution in [0.1, 0.15) is 11.3 Å². The molecule has 2 aromatic rings. The number of nitrogens with two attached hydrogens (primary N) is 1. The fourth-order valence-corrected chi connectivity index (χ4v) is 4.43. The summed E-state index contributed by atoms with van der Waals surface area (Å²) in [4.78, 5) is 0.346. The first-order valence-electron chi connectivity index (χ1n) is 6.24. The molecule has 4 nitrogen and oxygen atoms in total. The Hall–Kier alpha value is -1.24. The van der Waals surface area contributed by atoms with E-state index in [2.05, 4.69) is 0 Å². The fourth-order valence-electron chi connectivity index (χ4n) is 1.72. The van der Waals surface area contributed by atoms with Crippen molar-refractivity contribution < 1.29 is 12.8 Å². The van der Waals surface area contributed by atoms with Gasteiger partial charge in [0.2, 0.25) is 0 Å². The van der Waals surface area contributed by atoms with E-state index in [1.165, 1.54) is 0 Å². The molecule has 0 aliphatic heterocycles. The third-order valence-corrected chi connectivity index (χ3v) is 5.77. The maximum absolute atomic E-state index is 12.2. The Balaban J connectivity index is 1.90. The summed E-state index contributed by atoms with van der Waals surface area (Å²) in [5, 5.41) is 0. The van der Waals surface area contributed by atoms with Crippen LogP contribution in [0.25, 0.3) is 0 Å². The van der Waals surface area contributed by atoms with Crippen LogP contribution in [0.5, 0.6) is 0 Å². The van der Waals surface area contributed by atoms with Crippen LogP contribution in [0.4, 0.5) is 0 Å². The van der Waals surface area contributed by atoms with Crippen LogP contribution in [-0.2, 0) is 22.1 Å². The molecule has 108 valence electrons. The van der Waals surface area contributed by atoms with E-state index in [-0.39, 0.29) is 5.75 Å². The Morgan fingerprint density at radius 1 is 1.20 bits per heavy atom. The van der Waals surface area contributed by atoms with Gasteiger partial charge in [-0.25, -0.2) is 8.42 Å². The third-order valence-electron chi connectivity index (χ3n) is 2.81. The Morgan fingerprint density at radius 3 is 2.75 bits per heavy atom. The lowest BCUT2D eigenvalue weighted by Crippen LogP contribution is -2.10. The molecule has 2 N–H and O–H groups in total. The number of hydrogen-bond acceptors (Lipinski definition) is 5. The van der Waals surface area contributed by atoms with Crippen LogP contribution in [0.2, 0.25) is 0 Å². The summed E-state index contributed by atoms with van der Waals surface area (Å²) in [6.45, 7) is 0.344. The van der Waals surface area contributed by atoms with Gasteiger partial charge in [0, 0.05) is 12.3 Å². The SMILES string of the molecule is NCc1cccc(S(=O)(=O)CCSCc2ccco2)c1. The highest BCUT2D eigenvalue weighted by Crippen LogP contribution is 2.17. The number of benzene rings is 1. The molecule has 1 aromatic carbocycles. The Kier molecular flexibility index (Phi) is 5.28. The first-order chi connectivity index (χ1) is 9.62. The zero-order valence-electron chi connectivity index (χ0n) is 11.0. The molecule has 0 fully saturated rings. The number of sulfone groups is 1. The molecule has 1 heterocycles. The lowest BCUT2D eigenvalue weighted by atomic mass is 10.2. The van der Waals surface area contributed by atoms with Crippen molar-refractivity contribution in [1.82, 2.24) is 0 Å². The highest BCUT2D eigenvalue weighted by Gasteiger charge is 2.14. The van der Waals surface area contributed by atoms with E-state index in [1.54, 1.807) is 36.2 Å². The summed E-state index contributed by atoms with van der Waals surface area (Å²) in [6.07, 6.45) is 1.62. The third kappa shape index (κ3) is 4.13. The molecule has 0 spiro atoms. The molecule has 20 heavy (non-hydrogen) atoms. The van der Waals surface area contributed by atoms with Crippen molar-refractivity contribution in [3.63, 3.8) is 0 Å². The second kappa shape index (κ2) is 6.97. The molecule has 0 saturated carbocycles. The first kappa shape index (κ1) is 15.2. The van der Waals surface area contributed by atoms with Gasteiger partial charge in [0.05, 0.1) is 22.7 Å². The topological polar surface area (TPSA) is 73.3 Å². The van der Waals surface area contributed by atoms with Crippen LogP contribution in [0.15, 0.2) is 52.0 Å². The number of hydrogen-bond donors (Lipinski definition) is 1. The Bertz CT molecular complexity index is 636. The van der Waals surface area contributed by atoms with Crippen LogP contribution in [0, 0.1) is 0 Å². The highest BCUT2D eigenvalue weighted by atomic mass is 32.2. The van der Waals surface area contributed by atoms with Crippen LogP contribution >= 0.6 is 11.8 Å². The predicted octanol–water partition coefficient (Wildman–Crippen LogP) is 2.45. The molecular formula is C14H17NO3S2. The maximum atomic E-state index is 12.2. The van der Waals surface area contributed by atoms with Crippen molar-refractivity contribution in [2.45, 2.75) is 17.2 Å². The van der Waals surface area contributed by atoms with Crippen LogP contribution in [0.3, 0.4) is 0 Å².